The van der Waals surface area contributed by atoms with E-state index in [0.717, 1.165) is 17.8 Å². The van der Waals surface area contributed by atoms with Gasteiger partial charge < -0.3 is 10.3 Å². The van der Waals surface area contributed by atoms with Crippen LogP contribution in [-0.4, -0.2) is 11.5 Å². The standard InChI is InChI=1S/C14H17FN4/c1-2-19(13-5-3-4-12(15)8-13)10-11-6-7-14(18-16)17-9-11/h3-9H,2,10,16H2,1H3,(H,17,18). The van der Waals surface area contributed by atoms with E-state index in [9.17, 15) is 4.39 Å². The van der Waals surface area contributed by atoms with Gasteiger partial charge in [0.1, 0.15) is 11.6 Å². The number of rotatable bonds is 5. The van der Waals surface area contributed by atoms with Crippen LogP contribution in [0.4, 0.5) is 15.9 Å². The van der Waals surface area contributed by atoms with Crippen LogP contribution in [-0.2, 0) is 6.54 Å². The smallest absolute Gasteiger partial charge is 0.139 e. The van der Waals surface area contributed by atoms with E-state index in [-0.39, 0.29) is 5.82 Å². The minimum Gasteiger partial charge on any atom is -0.367 e. The third kappa shape index (κ3) is 3.42. The first kappa shape index (κ1) is 13.3. The molecule has 100 valence electrons. The second-order valence-electron chi connectivity index (χ2n) is 4.19. The van der Waals surface area contributed by atoms with Crippen LogP contribution in [0.25, 0.3) is 0 Å². The molecule has 0 amide bonds. The van der Waals surface area contributed by atoms with Crippen molar-refractivity contribution < 1.29 is 4.39 Å². The lowest BCUT2D eigenvalue weighted by atomic mass is 10.2. The average molecular weight is 260 g/mol. The lowest BCUT2D eigenvalue weighted by Gasteiger charge is -2.23. The first-order valence-corrected chi connectivity index (χ1v) is 6.15. The van der Waals surface area contributed by atoms with Gasteiger partial charge in [-0.1, -0.05) is 12.1 Å². The number of hydrazine groups is 1. The van der Waals surface area contributed by atoms with Gasteiger partial charge >= 0.3 is 0 Å². The lowest BCUT2D eigenvalue weighted by molar-refractivity contribution is 0.626. The number of pyridine rings is 1. The molecule has 1 heterocycles. The van der Waals surface area contributed by atoms with Crippen molar-refractivity contribution in [2.75, 3.05) is 16.9 Å². The van der Waals surface area contributed by atoms with Gasteiger partial charge in [0.05, 0.1) is 0 Å². The van der Waals surface area contributed by atoms with Gasteiger partial charge in [0, 0.05) is 25.0 Å². The Morgan fingerprint density at radius 2 is 2.16 bits per heavy atom. The van der Waals surface area contributed by atoms with Crippen molar-refractivity contribution in [2.24, 2.45) is 5.84 Å². The Balaban J connectivity index is 2.14. The molecule has 1 aromatic heterocycles. The zero-order valence-electron chi connectivity index (χ0n) is 10.8. The van der Waals surface area contributed by atoms with E-state index in [0.29, 0.717) is 12.4 Å². The van der Waals surface area contributed by atoms with Crippen molar-refractivity contribution in [3.63, 3.8) is 0 Å². The Morgan fingerprint density at radius 3 is 2.74 bits per heavy atom. The molecule has 0 unspecified atom stereocenters. The van der Waals surface area contributed by atoms with Crippen molar-refractivity contribution in [2.45, 2.75) is 13.5 Å². The van der Waals surface area contributed by atoms with E-state index in [1.165, 1.54) is 12.1 Å². The van der Waals surface area contributed by atoms with Crippen LogP contribution in [0.3, 0.4) is 0 Å². The van der Waals surface area contributed by atoms with Crippen molar-refractivity contribution in [1.82, 2.24) is 4.98 Å². The molecule has 19 heavy (non-hydrogen) atoms. The van der Waals surface area contributed by atoms with Crippen LogP contribution in [0.5, 0.6) is 0 Å². The Kier molecular flexibility index (Phi) is 4.30. The molecule has 0 aliphatic rings. The van der Waals surface area contributed by atoms with Gasteiger partial charge in [0.15, 0.2) is 0 Å². The van der Waals surface area contributed by atoms with E-state index < -0.39 is 0 Å². The van der Waals surface area contributed by atoms with Gasteiger partial charge in [-0.25, -0.2) is 15.2 Å². The summed E-state index contributed by atoms with van der Waals surface area (Å²) < 4.78 is 13.2. The fourth-order valence-electron chi connectivity index (χ4n) is 1.88. The Morgan fingerprint density at radius 1 is 1.32 bits per heavy atom. The molecule has 0 radical (unpaired) electrons. The minimum absolute atomic E-state index is 0.225. The number of nitrogens with zero attached hydrogens (tertiary/aromatic N) is 2. The summed E-state index contributed by atoms with van der Waals surface area (Å²) in [7, 11) is 0. The molecule has 5 heteroatoms. The van der Waals surface area contributed by atoms with Gasteiger partial charge in [0.2, 0.25) is 0 Å². The van der Waals surface area contributed by atoms with Crippen LogP contribution in [0.15, 0.2) is 42.6 Å². The van der Waals surface area contributed by atoms with Gasteiger partial charge in [-0.05, 0) is 36.8 Å². The van der Waals surface area contributed by atoms with Crippen molar-refractivity contribution >= 4 is 11.5 Å². The number of nitrogen functional groups attached to an aromatic ring is 1. The number of halogens is 1. The second-order valence-corrected chi connectivity index (χ2v) is 4.19. The number of hydrogen-bond acceptors (Lipinski definition) is 4. The predicted octanol–water partition coefficient (Wildman–Crippen LogP) is 2.53. The Hall–Kier alpha value is -2.14. The average Bonchev–Trinajstić information content (AvgIpc) is 2.45. The molecular formula is C14H17FN4. The van der Waals surface area contributed by atoms with Crippen LogP contribution < -0.4 is 16.2 Å². The Labute approximate surface area is 112 Å². The van der Waals surface area contributed by atoms with Gasteiger partial charge in [-0.15, -0.1) is 0 Å². The fourth-order valence-corrected chi connectivity index (χ4v) is 1.88. The zero-order valence-corrected chi connectivity index (χ0v) is 10.8. The largest absolute Gasteiger partial charge is 0.367 e. The van der Waals surface area contributed by atoms with Crippen LogP contribution in [0.2, 0.25) is 0 Å². The number of nitrogens with two attached hydrogens (primary N) is 1. The van der Waals surface area contributed by atoms with Crippen LogP contribution >= 0.6 is 0 Å². The molecule has 4 nitrogen and oxygen atoms in total. The molecule has 0 fully saturated rings. The molecular weight excluding hydrogens is 243 g/mol. The normalized spacial score (nSPS) is 10.3. The summed E-state index contributed by atoms with van der Waals surface area (Å²) >= 11 is 0. The first-order chi connectivity index (χ1) is 9.22. The van der Waals surface area contributed by atoms with Gasteiger partial charge in [-0.3, -0.25) is 0 Å². The predicted molar refractivity (Wildman–Crippen MR) is 75.2 cm³/mol. The number of anilines is 2. The second kappa shape index (κ2) is 6.15. The number of benzene rings is 1. The number of aromatic nitrogens is 1. The lowest BCUT2D eigenvalue weighted by Crippen LogP contribution is -2.22. The molecule has 0 bridgehead atoms. The molecule has 0 saturated carbocycles. The fraction of sp³-hybridized carbons (Fsp3) is 0.214. The summed E-state index contributed by atoms with van der Waals surface area (Å²) in [6.07, 6.45) is 1.76. The summed E-state index contributed by atoms with van der Waals surface area (Å²) in [6, 6.07) is 10.4. The van der Waals surface area contributed by atoms with Gasteiger partial charge in [-0.2, -0.15) is 0 Å². The van der Waals surface area contributed by atoms with Crippen molar-refractivity contribution in [3.05, 3.63) is 54.0 Å². The molecule has 1 aromatic carbocycles. The quantitative estimate of drug-likeness (QED) is 0.640. The van der Waals surface area contributed by atoms with Crippen LogP contribution in [0.1, 0.15) is 12.5 Å². The summed E-state index contributed by atoms with van der Waals surface area (Å²) in [5.74, 6) is 5.67. The van der Waals surface area contributed by atoms with E-state index in [4.69, 9.17) is 5.84 Å². The summed E-state index contributed by atoms with van der Waals surface area (Å²) in [4.78, 5) is 6.24. The maximum atomic E-state index is 13.2. The highest BCUT2D eigenvalue weighted by atomic mass is 19.1. The Bertz CT molecular complexity index is 527. The van der Waals surface area contributed by atoms with E-state index in [1.54, 1.807) is 12.3 Å². The summed E-state index contributed by atoms with van der Waals surface area (Å²) in [5, 5.41) is 0. The van der Waals surface area contributed by atoms with E-state index in [1.807, 2.05) is 25.1 Å². The van der Waals surface area contributed by atoms with Gasteiger partial charge in [0.25, 0.3) is 0 Å². The molecule has 0 aliphatic carbocycles. The third-order valence-corrected chi connectivity index (χ3v) is 2.90. The SMILES string of the molecule is CCN(Cc1ccc(NN)nc1)c1cccc(F)c1. The van der Waals surface area contributed by atoms with Crippen LogP contribution in [0, 0.1) is 5.82 Å². The first-order valence-electron chi connectivity index (χ1n) is 6.15. The summed E-state index contributed by atoms with van der Waals surface area (Å²) in [5.41, 5.74) is 4.40. The molecule has 0 atom stereocenters. The topological polar surface area (TPSA) is 54.2 Å². The zero-order chi connectivity index (χ0) is 13.7. The molecule has 0 aliphatic heterocycles. The highest BCUT2D eigenvalue weighted by Gasteiger charge is 2.06. The maximum absolute atomic E-state index is 13.2. The highest BCUT2D eigenvalue weighted by molar-refractivity contribution is 5.47. The van der Waals surface area contributed by atoms with Crippen molar-refractivity contribution in [3.8, 4) is 0 Å². The molecule has 0 saturated heterocycles. The number of hydrogen-bond donors (Lipinski definition) is 2. The number of nitrogens with one attached hydrogen (secondary N) is 1. The summed E-state index contributed by atoms with van der Waals surface area (Å²) in [6.45, 7) is 3.51. The minimum atomic E-state index is -0.225. The molecule has 3 N–H and O–H groups in total. The highest BCUT2D eigenvalue weighted by Crippen LogP contribution is 2.18. The third-order valence-electron chi connectivity index (χ3n) is 2.90. The van der Waals surface area contributed by atoms with Crippen molar-refractivity contribution in [1.29, 1.82) is 0 Å². The van der Waals surface area contributed by atoms with E-state index in [2.05, 4.69) is 15.3 Å². The maximum Gasteiger partial charge on any atom is 0.139 e. The van der Waals surface area contributed by atoms with E-state index >= 15 is 0 Å². The molecule has 2 rings (SSSR count). The molecule has 0 spiro atoms. The monoisotopic (exact) mass is 260 g/mol. The molecule has 2 aromatic rings.